The highest BCUT2D eigenvalue weighted by Gasteiger charge is 2.13. The smallest absolute Gasteiger partial charge is 0.0818 e. The van der Waals surface area contributed by atoms with E-state index in [-0.39, 0.29) is 25.4 Å². The maximum absolute atomic E-state index is 8.91. The molecule has 0 saturated carbocycles. The van der Waals surface area contributed by atoms with Gasteiger partial charge in [-0.3, -0.25) is 0 Å². The van der Waals surface area contributed by atoms with E-state index in [2.05, 4.69) is 25.3 Å². The van der Waals surface area contributed by atoms with E-state index >= 15 is 0 Å². The third kappa shape index (κ3) is 6.62. The maximum atomic E-state index is 8.91. The molecule has 0 bridgehead atoms. The molecule has 2 N–H and O–H groups in total. The Labute approximate surface area is 90.3 Å². The molecule has 0 aliphatic carbocycles. The summed E-state index contributed by atoms with van der Waals surface area (Å²) in [5.41, 5.74) is 0. The lowest BCUT2D eigenvalue weighted by molar-refractivity contribution is -0.0611. The van der Waals surface area contributed by atoms with E-state index in [0.717, 1.165) is 0 Å². The summed E-state index contributed by atoms with van der Waals surface area (Å²) >= 11 is 8.10. The monoisotopic (exact) mass is 226 g/mol. The minimum Gasteiger partial charge on any atom is -0.394 e. The number of thiol groups is 2. The first kappa shape index (κ1) is 13.6. The van der Waals surface area contributed by atoms with Crippen molar-refractivity contribution in [1.82, 2.24) is 0 Å². The molecule has 0 saturated heterocycles. The second kappa shape index (κ2) is 9.15. The summed E-state index contributed by atoms with van der Waals surface area (Å²) in [5.74, 6) is 1.34. The van der Waals surface area contributed by atoms with Gasteiger partial charge in [-0.2, -0.15) is 25.3 Å². The molecule has 0 fully saturated rings. The molecular weight excluding hydrogens is 208 g/mol. The molecule has 0 heterocycles. The Balaban J connectivity index is 3.73. The summed E-state index contributed by atoms with van der Waals surface area (Å²) in [6.07, 6.45) is 0.967. The highest BCUT2D eigenvalue weighted by molar-refractivity contribution is 7.80. The van der Waals surface area contributed by atoms with Crippen LogP contribution < -0.4 is 0 Å². The van der Waals surface area contributed by atoms with Gasteiger partial charge in [-0.15, -0.1) is 0 Å². The molecule has 0 spiro atoms. The van der Waals surface area contributed by atoms with Gasteiger partial charge in [0.1, 0.15) is 0 Å². The molecule has 0 aromatic rings. The molecule has 80 valence electrons. The van der Waals surface area contributed by atoms with E-state index in [1.54, 1.807) is 0 Å². The standard InChI is InChI=1S/C8H18O3S2/c9-5-7(1-3-12)11-8(6-10)2-4-13/h7-10,12-13H,1-6H2. The van der Waals surface area contributed by atoms with Gasteiger partial charge in [0.05, 0.1) is 25.4 Å². The number of hydrogen-bond donors (Lipinski definition) is 4. The molecular formula is C8H18O3S2. The minimum atomic E-state index is -0.213. The average molecular weight is 226 g/mol. The third-order valence-corrected chi connectivity index (χ3v) is 2.21. The Hall–Kier alpha value is 0.580. The molecule has 0 rings (SSSR count). The largest absolute Gasteiger partial charge is 0.394 e. The molecule has 2 unspecified atom stereocenters. The Kier molecular flexibility index (Phi) is 9.56. The van der Waals surface area contributed by atoms with Crippen LogP contribution in [-0.4, -0.2) is 47.1 Å². The first-order chi connectivity index (χ1) is 6.28. The van der Waals surface area contributed by atoms with Crippen molar-refractivity contribution in [3.8, 4) is 0 Å². The number of ether oxygens (including phenoxy) is 1. The van der Waals surface area contributed by atoms with Gasteiger partial charge in [0.15, 0.2) is 0 Å². The Morgan fingerprint density at radius 2 is 1.31 bits per heavy atom. The topological polar surface area (TPSA) is 49.7 Å². The van der Waals surface area contributed by atoms with Crippen LogP contribution >= 0.6 is 25.3 Å². The van der Waals surface area contributed by atoms with E-state index in [4.69, 9.17) is 14.9 Å². The van der Waals surface area contributed by atoms with Gasteiger partial charge in [0.25, 0.3) is 0 Å². The van der Waals surface area contributed by atoms with Crippen molar-refractivity contribution in [2.45, 2.75) is 25.0 Å². The molecule has 0 aromatic carbocycles. The molecule has 5 heteroatoms. The van der Waals surface area contributed by atoms with Crippen molar-refractivity contribution in [1.29, 1.82) is 0 Å². The van der Waals surface area contributed by atoms with Gasteiger partial charge >= 0.3 is 0 Å². The lowest BCUT2D eigenvalue weighted by Gasteiger charge is -2.21. The van der Waals surface area contributed by atoms with Gasteiger partial charge in [-0.05, 0) is 24.3 Å². The summed E-state index contributed by atoms with van der Waals surface area (Å²) in [5, 5.41) is 17.8. The zero-order chi connectivity index (χ0) is 10.1. The first-order valence-electron chi connectivity index (χ1n) is 4.37. The van der Waals surface area contributed by atoms with Crippen LogP contribution in [0.2, 0.25) is 0 Å². The lowest BCUT2D eigenvalue weighted by atomic mass is 10.2. The van der Waals surface area contributed by atoms with E-state index in [1.807, 2.05) is 0 Å². The van der Waals surface area contributed by atoms with Gasteiger partial charge in [0, 0.05) is 0 Å². The fourth-order valence-electron chi connectivity index (χ4n) is 0.965. The summed E-state index contributed by atoms with van der Waals surface area (Å²) in [6, 6.07) is 0. The average Bonchev–Trinajstić information content (AvgIpc) is 2.16. The maximum Gasteiger partial charge on any atom is 0.0818 e. The number of hydrogen-bond acceptors (Lipinski definition) is 5. The lowest BCUT2D eigenvalue weighted by Crippen LogP contribution is -2.28. The fourth-order valence-corrected chi connectivity index (χ4v) is 1.54. The van der Waals surface area contributed by atoms with Crippen LogP contribution in [0.1, 0.15) is 12.8 Å². The second-order valence-corrected chi connectivity index (χ2v) is 3.66. The van der Waals surface area contributed by atoms with Crippen molar-refractivity contribution < 1.29 is 14.9 Å². The molecule has 0 amide bonds. The minimum absolute atomic E-state index is 0.0242. The van der Waals surface area contributed by atoms with Crippen molar-refractivity contribution in [2.75, 3.05) is 24.7 Å². The van der Waals surface area contributed by atoms with Crippen molar-refractivity contribution in [2.24, 2.45) is 0 Å². The van der Waals surface area contributed by atoms with E-state index in [9.17, 15) is 0 Å². The van der Waals surface area contributed by atoms with Gasteiger partial charge in [0.2, 0.25) is 0 Å². The number of aliphatic hydroxyl groups is 2. The Morgan fingerprint density at radius 1 is 0.923 bits per heavy atom. The zero-order valence-electron chi connectivity index (χ0n) is 7.59. The van der Waals surface area contributed by atoms with Crippen LogP contribution in [-0.2, 0) is 4.74 Å². The van der Waals surface area contributed by atoms with E-state index < -0.39 is 0 Å². The van der Waals surface area contributed by atoms with Gasteiger partial charge < -0.3 is 14.9 Å². The van der Waals surface area contributed by atoms with Crippen LogP contribution in [0.25, 0.3) is 0 Å². The van der Waals surface area contributed by atoms with E-state index in [0.29, 0.717) is 24.3 Å². The quantitative estimate of drug-likeness (QED) is 0.452. The molecule has 0 aliphatic rings. The predicted octanol–water partition coefficient (Wildman–Crippen LogP) is 0.365. The third-order valence-electron chi connectivity index (χ3n) is 1.69. The van der Waals surface area contributed by atoms with Crippen LogP contribution in [0.5, 0.6) is 0 Å². The summed E-state index contributed by atoms with van der Waals surface area (Å²) < 4.78 is 5.43. The number of aliphatic hydroxyl groups excluding tert-OH is 2. The number of rotatable bonds is 8. The molecule has 13 heavy (non-hydrogen) atoms. The second-order valence-electron chi connectivity index (χ2n) is 2.77. The van der Waals surface area contributed by atoms with Crippen molar-refractivity contribution in [3.05, 3.63) is 0 Å². The normalized spacial score (nSPS) is 15.7. The zero-order valence-corrected chi connectivity index (χ0v) is 9.38. The summed E-state index contributed by atoms with van der Waals surface area (Å²) in [4.78, 5) is 0. The van der Waals surface area contributed by atoms with Crippen molar-refractivity contribution in [3.63, 3.8) is 0 Å². The Bertz CT molecular complexity index is 102. The van der Waals surface area contributed by atoms with E-state index in [1.165, 1.54) is 0 Å². The molecule has 2 atom stereocenters. The summed E-state index contributed by atoms with van der Waals surface area (Å²) in [6.45, 7) is -0.0484. The summed E-state index contributed by atoms with van der Waals surface area (Å²) in [7, 11) is 0. The van der Waals surface area contributed by atoms with Gasteiger partial charge in [-0.1, -0.05) is 0 Å². The molecule has 0 radical (unpaired) electrons. The predicted molar refractivity (Wildman–Crippen MR) is 59.8 cm³/mol. The highest BCUT2D eigenvalue weighted by atomic mass is 32.1. The van der Waals surface area contributed by atoms with Gasteiger partial charge in [-0.25, -0.2) is 0 Å². The molecule has 0 aliphatic heterocycles. The Morgan fingerprint density at radius 3 is 1.54 bits per heavy atom. The van der Waals surface area contributed by atoms with Crippen LogP contribution in [0, 0.1) is 0 Å². The van der Waals surface area contributed by atoms with Crippen LogP contribution in [0.15, 0.2) is 0 Å². The van der Waals surface area contributed by atoms with Crippen LogP contribution in [0.4, 0.5) is 0 Å². The molecule has 0 aromatic heterocycles. The van der Waals surface area contributed by atoms with Crippen LogP contribution in [0.3, 0.4) is 0 Å². The van der Waals surface area contributed by atoms with Crippen molar-refractivity contribution >= 4 is 25.3 Å². The molecule has 3 nitrogen and oxygen atoms in total. The first-order valence-corrected chi connectivity index (χ1v) is 5.63. The highest BCUT2D eigenvalue weighted by Crippen LogP contribution is 2.07. The fraction of sp³-hybridized carbons (Fsp3) is 1.00. The SMILES string of the molecule is OCC(CCS)OC(CO)CCS.